The van der Waals surface area contributed by atoms with Crippen molar-refractivity contribution >= 4 is 34.4 Å². The number of hydrogen-bond donors (Lipinski definition) is 1. The third kappa shape index (κ3) is 5.14. The highest BCUT2D eigenvalue weighted by Crippen LogP contribution is 2.47. The molecule has 3 aliphatic heterocycles. The number of methoxy groups -OCH3 is 1. The smallest absolute Gasteiger partial charge is 0.410 e. The summed E-state index contributed by atoms with van der Waals surface area (Å²) in [5.41, 5.74) is 3.30. The van der Waals surface area contributed by atoms with E-state index >= 15 is 0 Å². The third-order valence-electron chi connectivity index (χ3n) is 8.09. The molecule has 2 fully saturated rings. The van der Waals surface area contributed by atoms with Crippen molar-refractivity contribution in [1.29, 1.82) is 0 Å². The van der Waals surface area contributed by atoms with Crippen molar-refractivity contribution < 1.29 is 23.9 Å². The summed E-state index contributed by atoms with van der Waals surface area (Å²) in [6, 6.07) is 5.78. The van der Waals surface area contributed by atoms with Gasteiger partial charge < -0.3 is 19.3 Å². The van der Waals surface area contributed by atoms with Crippen LogP contribution in [-0.2, 0) is 25.5 Å². The number of ether oxygens (including phenoxy) is 2. The highest BCUT2D eigenvalue weighted by Gasteiger charge is 2.42. The predicted molar refractivity (Wildman–Crippen MR) is 151 cm³/mol. The number of piperidine rings is 2. The molecule has 41 heavy (non-hydrogen) atoms. The fourth-order valence-electron chi connectivity index (χ4n) is 6.21. The minimum absolute atomic E-state index is 0.216. The Bertz CT molecular complexity index is 1500. The molecule has 216 valence electrons. The van der Waals surface area contributed by atoms with Crippen LogP contribution < -0.4 is 10.2 Å². The van der Waals surface area contributed by atoms with Crippen molar-refractivity contribution in [2.75, 3.05) is 25.1 Å². The molecule has 2 atom stereocenters. The largest absolute Gasteiger partial charge is 0.444 e. The predicted octanol–water partition coefficient (Wildman–Crippen LogP) is 3.86. The van der Waals surface area contributed by atoms with Crippen LogP contribution in [0.25, 0.3) is 10.8 Å². The quantitative estimate of drug-likeness (QED) is 0.468. The lowest BCUT2D eigenvalue weighted by atomic mass is 10.0. The molecule has 0 radical (unpaired) electrons. The molecule has 0 aliphatic carbocycles. The Balaban J connectivity index is 1.20. The molecule has 2 saturated heterocycles. The van der Waals surface area contributed by atoms with Crippen LogP contribution in [0.1, 0.15) is 75.5 Å². The van der Waals surface area contributed by atoms with Crippen molar-refractivity contribution in [2.24, 2.45) is 0 Å². The van der Waals surface area contributed by atoms with E-state index in [2.05, 4.69) is 22.7 Å². The Hall–Kier alpha value is -3.99. The SMILES string of the molecule is COC1c2cccc3c(Cc4cnn(C5CCN(C(=O)OC(C)(C)C)CC5)c4)ncc(c23)N1C1CCC(=O)NC1=O. The summed E-state index contributed by atoms with van der Waals surface area (Å²) in [5.74, 6) is -0.553. The van der Waals surface area contributed by atoms with E-state index in [4.69, 9.17) is 14.5 Å². The summed E-state index contributed by atoms with van der Waals surface area (Å²) in [6.07, 6.45) is 8.03. The topological polar surface area (TPSA) is 119 Å². The zero-order valence-corrected chi connectivity index (χ0v) is 23.9. The summed E-state index contributed by atoms with van der Waals surface area (Å²) < 4.78 is 13.4. The van der Waals surface area contributed by atoms with Gasteiger partial charge in [-0.1, -0.05) is 18.2 Å². The minimum Gasteiger partial charge on any atom is -0.444 e. The van der Waals surface area contributed by atoms with Crippen LogP contribution in [-0.4, -0.2) is 69.4 Å². The molecule has 2 unspecified atom stereocenters. The molecule has 3 aromatic rings. The first-order valence-corrected chi connectivity index (χ1v) is 14.2. The number of anilines is 1. The number of nitrogens with zero attached hydrogens (tertiary/aromatic N) is 5. The second kappa shape index (κ2) is 10.4. The van der Waals surface area contributed by atoms with Gasteiger partial charge in [-0.3, -0.25) is 24.6 Å². The fraction of sp³-hybridized carbons (Fsp3) is 0.500. The van der Waals surface area contributed by atoms with Gasteiger partial charge in [0.1, 0.15) is 11.6 Å². The zero-order valence-electron chi connectivity index (χ0n) is 23.9. The fourth-order valence-corrected chi connectivity index (χ4v) is 6.21. The lowest BCUT2D eigenvalue weighted by Gasteiger charge is -2.35. The number of carbonyl (C=O) groups excluding carboxylic acids is 3. The van der Waals surface area contributed by atoms with E-state index in [0.717, 1.165) is 46.1 Å². The van der Waals surface area contributed by atoms with Crippen molar-refractivity contribution in [3.63, 3.8) is 0 Å². The van der Waals surface area contributed by atoms with Gasteiger partial charge in [0, 0.05) is 55.6 Å². The molecule has 1 aromatic carbocycles. The van der Waals surface area contributed by atoms with Gasteiger partial charge in [0.05, 0.1) is 29.8 Å². The number of benzene rings is 1. The zero-order chi connectivity index (χ0) is 28.9. The van der Waals surface area contributed by atoms with Gasteiger partial charge in [-0.15, -0.1) is 0 Å². The number of carbonyl (C=O) groups is 3. The average molecular weight is 561 g/mol. The molecule has 11 heteroatoms. The molecule has 0 bridgehead atoms. The summed E-state index contributed by atoms with van der Waals surface area (Å²) in [7, 11) is 1.63. The Morgan fingerprint density at radius 3 is 2.61 bits per heavy atom. The van der Waals surface area contributed by atoms with Crippen LogP contribution >= 0.6 is 0 Å². The number of aromatic nitrogens is 3. The van der Waals surface area contributed by atoms with Gasteiger partial charge in [-0.2, -0.15) is 5.10 Å². The van der Waals surface area contributed by atoms with Gasteiger partial charge in [0.2, 0.25) is 11.8 Å². The molecular weight excluding hydrogens is 524 g/mol. The summed E-state index contributed by atoms with van der Waals surface area (Å²) in [6.45, 7) is 6.91. The summed E-state index contributed by atoms with van der Waals surface area (Å²) in [5, 5.41) is 9.16. The Labute approximate surface area is 238 Å². The molecule has 3 aliphatic rings. The first-order chi connectivity index (χ1) is 19.6. The number of rotatable bonds is 5. The van der Waals surface area contributed by atoms with Crippen molar-refractivity contribution in [3.05, 3.63) is 53.6 Å². The van der Waals surface area contributed by atoms with Crippen LogP contribution in [0.15, 0.2) is 36.8 Å². The number of imide groups is 1. The van der Waals surface area contributed by atoms with Crippen LogP contribution in [0.5, 0.6) is 0 Å². The number of likely N-dealkylation sites (tertiary alicyclic amines) is 1. The molecule has 3 amide bonds. The van der Waals surface area contributed by atoms with E-state index < -0.39 is 17.9 Å². The van der Waals surface area contributed by atoms with E-state index in [0.29, 0.717) is 32.4 Å². The van der Waals surface area contributed by atoms with Crippen LogP contribution in [0.2, 0.25) is 0 Å². The highest BCUT2D eigenvalue weighted by molar-refractivity contribution is 6.06. The monoisotopic (exact) mass is 560 g/mol. The van der Waals surface area contributed by atoms with Crippen LogP contribution in [0.4, 0.5) is 10.5 Å². The van der Waals surface area contributed by atoms with E-state index in [1.165, 1.54) is 0 Å². The van der Waals surface area contributed by atoms with Crippen LogP contribution in [0.3, 0.4) is 0 Å². The Morgan fingerprint density at radius 1 is 1.12 bits per heavy atom. The normalized spacial score (nSPS) is 21.5. The molecular formula is C30H36N6O5. The molecule has 0 spiro atoms. The van der Waals surface area contributed by atoms with Gasteiger partial charge in [-0.05, 0) is 45.6 Å². The van der Waals surface area contributed by atoms with Gasteiger partial charge in [0.25, 0.3) is 0 Å². The maximum absolute atomic E-state index is 12.8. The van der Waals surface area contributed by atoms with E-state index in [1.54, 1.807) is 12.0 Å². The maximum atomic E-state index is 12.8. The lowest BCUT2D eigenvalue weighted by molar-refractivity contribution is -0.134. The van der Waals surface area contributed by atoms with Gasteiger partial charge in [-0.25, -0.2) is 4.79 Å². The second-order valence-corrected chi connectivity index (χ2v) is 12.0. The minimum atomic E-state index is -0.513. The second-order valence-electron chi connectivity index (χ2n) is 12.0. The number of nitrogens with one attached hydrogen (secondary N) is 1. The molecule has 2 aromatic heterocycles. The van der Waals surface area contributed by atoms with Crippen molar-refractivity contribution in [1.82, 2.24) is 25.0 Å². The third-order valence-corrected chi connectivity index (χ3v) is 8.09. The van der Waals surface area contributed by atoms with E-state index in [-0.39, 0.29) is 23.9 Å². The maximum Gasteiger partial charge on any atom is 0.410 e. The molecule has 11 nitrogen and oxygen atoms in total. The number of pyridine rings is 1. The molecule has 0 saturated carbocycles. The van der Waals surface area contributed by atoms with Gasteiger partial charge in [0.15, 0.2) is 6.23 Å². The van der Waals surface area contributed by atoms with Gasteiger partial charge >= 0.3 is 6.09 Å². The van der Waals surface area contributed by atoms with Crippen LogP contribution in [0, 0.1) is 0 Å². The Kier molecular flexibility index (Phi) is 6.93. The van der Waals surface area contributed by atoms with E-state index in [9.17, 15) is 14.4 Å². The first kappa shape index (κ1) is 27.2. The number of amides is 3. The first-order valence-electron chi connectivity index (χ1n) is 14.2. The lowest BCUT2D eigenvalue weighted by Crippen LogP contribution is -2.53. The average Bonchev–Trinajstić information content (AvgIpc) is 3.53. The standard InChI is InChI=1S/C30H36N6O5/c1-30(2,3)41-29(39)34-12-10-19(11-13-34)35-17-18(15-32-35)14-22-20-6-5-7-21-26(20)24(16-31-22)36(28(21)40-4)23-8-9-25(37)33-27(23)38/h5-7,15-17,19,23,28H,8-14H2,1-4H3,(H,33,37,38). The molecule has 1 N–H and O–H groups in total. The van der Waals surface area contributed by atoms with Crippen molar-refractivity contribution in [2.45, 2.75) is 76.8 Å². The number of hydrogen-bond acceptors (Lipinski definition) is 8. The van der Waals surface area contributed by atoms with Crippen molar-refractivity contribution in [3.8, 4) is 0 Å². The molecule has 6 rings (SSSR count). The van der Waals surface area contributed by atoms with E-state index in [1.807, 2.05) is 54.9 Å². The summed E-state index contributed by atoms with van der Waals surface area (Å²) >= 11 is 0. The highest BCUT2D eigenvalue weighted by atomic mass is 16.6. The Morgan fingerprint density at radius 2 is 1.90 bits per heavy atom. The summed E-state index contributed by atoms with van der Waals surface area (Å²) in [4.78, 5) is 45.6. The molecule has 5 heterocycles.